The van der Waals surface area contributed by atoms with Crippen LogP contribution in [0.1, 0.15) is 44.2 Å². The number of para-hydroxylation sites is 1. The van der Waals surface area contributed by atoms with Crippen molar-refractivity contribution in [3.05, 3.63) is 58.6 Å². The second kappa shape index (κ2) is 9.79. The van der Waals surface area contributed by atoms with Crippen molar-refractivity contribution >= 4 is 29.5 Å². The normalized spacial score (nSPS) is 20.4. The molecule has 0 saturated carbocycles. The maximum Gasteiger partial charge on any atom is 0.415 e. The molecule has 7 nitrogen and oxygen atoms in total. The Balaban J connectivity index is 0.000000868. The Morgan fingerprint density at radius 2 is 1.74 bits per heavy atom. The fourth-order valence-electron chi connectivity index (χ4n) is 5.00. The molecule has 0 aliphatic carbocycles. The summed E-state index contributed by atoms with van der Waals surface area (Å²) < 4.78 is 11.8. The van der Waals surface area contributed by atoms with Gasteiger partial charge in [0.1, 0.15) is 11.4 Å². The number of halogens is 1. The lowest BCUT2D eigenvalue weighted by atomic mass is 9.79. The van der Waals surface area contributed by atoms with Gasteiger partial charge in [0.25, 0.3) is 0 Å². The molecule has 2 saturated heterocycles. The highest BCUT2D eigenvalue weighted by Gasteiger charge is 2.47. The summed E-state index contributed by atoms with van der Waals surface area (Å²) in [4.78, 5) is 33.0. The van der Waals surface area contributed by atoms with E-state index in [0.29, 0.717) is 18.2 Å². The van der Waals surface area contributed by atoms with E-state index in [1.54, 1.807) is 4.90 Å². The van der Waals surface area contributed by atoms with E-state index in [-0.39, 0.29) is 23.3 Å². The number of amides is 1. The number of hydrogen-bond donors (Lipinski definition) is 0. The SMILES string of the molecule is CC1(C)CCOc2c(Cl)cc(CN3CCC4(CC3)CN(c3ccccc3)C(=O)O4)cc21.O=C=O. The van der Waals surface area contributed by atoms with Crippen LogP contribution in [-0.4, -0.2) is 49.0 Å². The Hall–Kier alpha value is -2.86. The molecule has 3 heterocycles. The topological polar surface area (TPSA) is 76.2 Å². The van der Waals surface area contributed by atoms with Crippen molar-refractivity contribution in [2.75, 3.05) is 31.1 Å². The van der Waals surface area contributed by atoms with Crippen molar-refractivity contribution in [3.63, 3.8) is 0 Å². The van der Waals surface area contributed by atoms with Gasteiger partial charge in [-0.25, -0.2) is 4.79 Å². The van der Waals surface area contributed by atoms with Crippen LogP contribution in [0, 0.1) is 0 Å². The van der Waals surface area contributed by atoms with Gasteiger partial charge in [0, 0.05) is 43.7 Å². The summed E-state index contributed by atoms with van der Waals surface area (Å²) in [5, 5.41) is 0.706. The molecule has 5 rings (SSSR count). The van der Waals surface area contributed by atoms with Crippen LogP contribution in [0.3, 0.4) is 0 Å². The van der Waals surface area contributed by atoms with Gasteiger partial charge in [-0.15, -0.1) is 0 Å². The van der Waals surface area contributed by atoms with Crippen molar-refractivity contribution in [2.45, 2.75) is 50.7 Å². The van der Waals surface area contributed by atoms with E-state index in [2.05, 4.69) is 24.8 Å². The average molecular weight is 485 g/mol. The van der Waals surface area contributed by atoms with Crippen LogP contribution in [-0.2, 0) is 26.3 Å². The molecule has 0 radical (unpaired) electrons. The summed E-state index contributed by atoms with van der Waals surface area (Å²) in [6.45, 7) is 8.48. The van der Waals surface area contributed by atoms with E-state index in [0.717, 1.165) is 50.3 Å². The molecule has 8 heteroatoms. The standard InChI is InChI=1S/C25H29ClN2O3.CO2/c1-24(2)10-13-30-22-20(24)14-18(15-21(22)26)16-27-11-8-25(9-12-27)17-28(23(29)31-25)19-6-4-3-5-7-19;2-1-3/h3-7,14-15H,8-13,16-17H2,1-2H3;. The molecule has 34 heavy (non-hydrogen) atoms. The van der Waals surface area contributed by atoms with Crippen LogP contribution in [0.4, 0.5) is 10.5 Å². The first kappa shape index (κ1) is 24.3. The van der Waals surface area contributed by atoms with E-state index in [4.69, 9.17) is 30.7 Å². The average Bonchev–Trinajstić information content (AvgIpc) is 3.13. The Labute approximate surface area is 204 Å². The minimum absolute atomic E-state index is 0.0676. The van der Waals surface area contributed by atoms with Gasteiger partial charge in [-0.3, -0.25) is 9.80 Å². The Morgan fingerprint density at radius 1 is 1.06 bits per heavy atom. The molecule has 2 aromatic carbocycles. The van der Waals surface area contributed by atoms with Crippen molar-refractivity contribution in [1.82, 2.24) is 4.90 Å². The molecular formula is C26H29ClN2O5. The molecule has 2 fully saturated rings. The molecule has 0 aromatic heterocycles. The summed E-state index contributed by atoms with van der Waals surface area (Å²) in [6.07, 6.45) is 2.70. The number of rotatable bonds is 3. The van der Waals surface area contributed by atoms with E-state index in [1.165, 1.54) is 11.1 Å². The summed E-state index contributed by atoms with van der Waals surface area (Å²) in [5.41, 5.74) is 3.01. The number of anilines is 1. The lowest BCUT2D eigenvalue weighted by Crippen LogP contribution is -2.46. The minimum atomic E-state index is -0.382. The van der Waals surface area contributed by atoms with Crippen molar-refractivity contribution in [1.29, 1.82) is 0 Å². The number of fused-ring (bicyclic) bond motifs is 1. The minimum Gasteiger partial charge on any atom is -0.492 e. The van der Waals surface area contributed by atoms with Gasteiger partial charge in [0.15, 0.2) is 0 Å². The van der Waals surface area contributed by atoms with Gasteiger partial charge in [-0.2, -0.15) is 9.59 Å². The zero-order chi connectivity index (χ0) is 24.3. The van der Waals surface area contributed by atoms with Crippen molar-refractivity contribution in [2.24, 2.45) is 0 Å². The Bertz CT molecular complexity index is 1070. The zero-order valence-electron chi connectivity index (χ0n) is 19.5. The molecule has 0 N–H and O–H groups in total. The summed E-state index contributed by atoms with van der Waals surface area (Å²) in [6, 6.07) is 14.1. The van der Waals surface area contributed by atoms with Crippen molar-refractivity contribution < 1.29 is 23.9 Å². The molecule has 2 aromatic rings. The lowest BCUT2D eigenvalue weighted by molar-refractivity contribution is -0.191. The van der Waals surface area contributed by atoms with Crippen molar-refractivity contribution in [3.8, 4) is 5.75 Å². The first-order valence-corrected chi connectivity index (χ1v) is 11.9. The largest absolute Gasteiger partial charge is 0.492 e. The first-order valence-electron chi connectivity index (χ1n) is 11.5. The van der Waals surface area contributed by atoms with Gasteiger partial charge >= 0.3 is 12.2 Å². The van der Waals surface area contributed by atoms with Gasteiger partial charge < -0.3 is 9.47 Å². The van der Waals surface area contributed by atoms with Crippen LogP contribution in [0.15, 0.2) is 42.5 Å². The third-order valence-corrected chi connectivity index (χ3v) is 7.30. The smallest absolute Gasteiger partial charge is 0.415 e. The third kappa shape index (κ3) is 4.97. The van der Waals surface area contributed by atoms with Crippen LogP contribution < -0.4 is 9.64 Å². The lowest BCUT2D eigenvalue weighted by Gasteiger charge is -2.38. The van der Waals surface area contributed by atoms with E-state index in [1.807, 2.05) is 36.4 Å². The zero-order valence-corrected chi connectivity index (χ0v) is 20.3. The van der Waals surface area contributed by atoms with Crippen LogP contribution >= 0.6 is 11.6 Å². The van der Waals surface area contributed by atoms with Gasteiger partial charge in [-0.1, -0.05) is 49.7 Å². The fourth-order valence-corrected chi connectivity index (χ4v) is 5.30. The van der Waals surface area contributed by atoms with Gasteiger partial charge in [0.05, 0.1) is 18.2 Å². The van der Waals surface area contributed by atoms with Gasteiger partial charge in [-0.05, 0) is 35.6 Å². The van der Waals surface area contributed by atoms with E-state index in [9.17, 15) is 4.79 Å². The molecule has 0 bridgehead atoms. The Morgan fingerprint density at radius 3 is 2.41 bits per heavy atom. The molecule has 0 atom stereocenters. The predicted molar refractivity (Wildman–Crippen MR) is 127 cm³/mol. The maximum atomic E-state index is 12.5. The quantitative estimate of drug-likeness (QED) is 0.622. The molecule has 1 spiro atoms. The summed E-state index contributed by atoms with van der Waals surface area (Å²) in [7, 11) is 0. The number of carbonyl (C=O) groups excluding carboxylic acids is 3. The summed E-state index contributed by atoms with van der Waals surface area (Å²) >= 11 is 6.57. The number of piperidine rings is 1. The molecule has 180 valence electrons. The van der Waals surface area contributed by atoms with E-state index < -0.39 is 0 Å². The highest BCUT2D eigenvalue weighted by molar-refractivity contribution is 6.32. The highest BCUT2D eigenvalue weighted by atomic mass is 35.5. The second-order valence-corrected chi connectivity index (χ2v) is 10.2. The van der Waals surface area contributed by atoms with Crippen LogP contribution in [0.2, 0.25) is 5.02 Å². The number of carbonyl (C=O) groups is 1. The molecule has 1 amide bonds. The number of ether oxygens (including phenoxy) is 2. The number of benzene rings is 2. The molecule has 3 aliphatic rings. The number of likely N-dealkylation sites (tertiary alicyclic amines) is 1. The van der Waals surface area contributed by atoms with E-state index >= 15 is 0 Å². The fraction of sp³-hybridized carbons (Fsp3) is 0.462. The van der Waals surface area contributed by atoms with Crippen LogP contribution in [0.25, 0.3) is 0 Å². The third-order valence-electron chi connectivity index (χ3n) is 7.02. The van der Waals surface area contributed by atoms with Crippen LogP contribution in [0.5, 0.6) is 5.75 Å². The summed E-state index contributed by atoms with van der Waals surface area (Å²) in [5.74, 6) is 0.845. The number of nitrogens with zero attached hydrogens (tertiary/aromatic N) is 2. The molecule has 3 aliphatic heterocycles. The molecular weight excluding hydrogens is 456 g/mol. The number of hydrogen-bond acceptors (Lipinski definition) is 6. The maximum absolute atomic E-state index is 12.5. The second-order valence-electron chi connectivity index (χ2n) is 9.77. The first-order chi connectivity index (χ1) is 16.3. The predicted octanol–water partition coefficient (Wildman–Crippen LogP) is 4.81. The monoisotopic (exact) mass is 484 g/mol. The molecule has 0 unspecified atom stereocenters. The van der Waals surface area contributed by atoms with Gasteiger partial charge in [0.2, 0.25) is 0 Å². The Kier molecular flexibility index (Phi) is 6.99. The highest BCUT2D eigenvalue weighted by Crippen LogP contribution is 2.43.